The fourth-order valence-electron chi connectivity index (χ4n) is 2.64. The van der Waals surface area contributed by atoms with Gasteiger partial charge < -0.3 is 25.0 Å². The molecule has 1 aliphatic heterocycles. The van der Waals surface area contributed by atoms with Gasteiger partial charge in [-0.25, -0.2) is 0 Å². The molecular weight excluding hydrogens is 419 g/mol. The minimum Gasteiger partial charge on any atom is -0.497 e. The van der Waals surface area contributed by atoms with Crippen LogP contribution in [0.2, 0.25) is 0 Å². The van der Waals surface area contributed by atoms with E-state index in [1.54, 1.807) is 21.3 Å². The predicted molar refractivity (Wildman–Crippen MR) is 110 cm³/mol. The first kappa shape index (κ1) is 20.4. The van der Waals surface area contributed by atoms with Crippen molar-refractivity contribution in [3.63, 3.8) is 0 Å². The lowest BCUT2D eigenvalue weighted by Crippen LogP contribution is -2.44. The van der Waals surface area contributed by atoms with E-state index >= 15 is 0 Å². The van der Waals surface area contributed by atoms with Gasteiger partial charge >= 0.3 is 0 Å². The van der Waals surface area contributed by atoms with Gasteiger partial charge in [0.25, 0.3) is 0 Å². The fourth-order valence-corrected chi connectivity index (χ4v) is 2.64. The standard InChI is InChI=1S/C17H26N4O2.HI/c1-5-7-19-17(18-2)20-13-6-8-21(12-13)14-9-15(22-3)11-16(10-14)23-4;/h5,9-11,13H,1,6-8,12H2,2-4H3,(H2,18,19,20);1H. The number of ether oxygens (including phenoxy) is 2. The molecule has 0 saturated carbocycles. The van der Waals surface area contributed by atoms with Crippen molar-refractivity contribution in [3.8, 4) is 11.5 Å². The molecule has 2 N–H and O–H groups in total. The van der Waals surface area contributed by atoms with E-state index < -0.39 is 0 Å². The van der Waals surface area contributed by atoms with Crippen LogP contribution in [0.5, 0.6) is 11.5 Å². The third kappa shape index (κ3) is 5.47. The summed E-state index contributed by atoms with van der Waals surface area (Å²) in [5.74, 6) is 2.42. The summed E-state index contributed by atoms with van der Waals surface area (Å²) in [7, 11) is 5.11. The smallest absolute Gasteiger partial charge is 0.191 e. The summed E-state index contributed by atoms with van der Waals surface area (Å²) in [5, 5.41) is 6.64. The van der Waals surface area contributed by atoms with Gasteiger partial charge in [-0.05, 0) is 6.42 Å². The number of anilines is 1. The second kappa shape index (κ2) is 10.3. The molecule has 6 nitrogen and oxygen atoms in total. The minimum atomic E-state index is 0. The average Bonchev–Trinajstić information content (AvgIpc) is 3.06. The van der Waals surface area contributed by atoms with Gasteiger partial charge in [-0.3, -0.25) is 4.99 Å². The highest BCUT2D eigenvalue weighted by molar-refractivity contribution is 14.0. The SMILES string of the molecule is C=CCNC(=NC)NC1CCN(c2cc(OC)cc(OC)c2)C1.I. The Morgan fingerprint density at radius 1 is 1.33 bits per heavy atom. The van der Waals surface area contributed by atoms with Crippen LogP contribution in [0.3, 0.4) is 0 Å². The van der Waals surface area contributed by atoms with Gasteiger partial charge in [0.15, 0.2) is 5.96 Å². The first-order valence-corrected chi connectivity index (χ1v) is 7.76. The van der Waals surface area contributed by atoms with Crippen molar-refractivity contribution in [1.82, 2.24) is 10.6 Å². The molecule has 1 heterocycles. The Labute approximate surface area is 161 Å². The molecule has 1 fully saturated rings. The zero-order valence-corrected chi connectivity index (χ0v) is 16.9. The molecule has 1 saturated heterocycles. The number of hydrogen-bond donors (Lipinski definition) is 2. The van der Waals surface area contributed by atoms with E-state index in [0.29, 0.717) is 12.6 Å². The Kier molecular flexibility index (Phi) is 8.73. The van der Waals surface area contributed by atoms with Crippen molar-refractivity contribution in [2.24, 2.45) is 4.99 Å². The van der Waals surface area contributed by atoms with Gasteiger partial charge in [0.05, 0.1) is 14.2 Å². The Bertz CT molecular complexity index is 543. The van der Waals surface area contributed by atoms with E-state index in [1.165, 1.54) is 0 Å². The van der Waals surface area contributed by atoms with Crippen LogP contribution < -0.4 is 25.0 Å². The van der Waals surface area contributed by atoms with Crippen LogP contribution >= 0.6 is 24.0 Å². The average molecular weight is 446 g/mol. The monoisotopic (exact) mass is 446 g/mol. The largest absolute Gasteiger partial charge is 0.497 e. The van der Waals surface area contributed by atoms with Gasteiger partial charge in [-0.15, -0.1) is 30.6 Å². The van der Waals surface area contributed by atoms with Gasteiger partial charge in [0.2, 0.25) is 0 Å². The summed E-state index contributed by atoms with van der Waals surface area (Å²) in [6.45, 7) is 6.29. The van der Waals surface area contributed by atoms with Crippen LogP contribution in [0.15, 0.2) is 35.8 Å². The molecule has 1 aromatic rings. The summed E-state index contributed by atoms with van der Waals surface area (Å²) in [4.78, 5) is 6.55. The summed E-state index contributed by atoms with van der Waals surface area (Å²) >= 11 is 0. The van der Waals surface area contributed by atoms with Crippen LogP contribution in [-0.4, -0.2) is 52.9 Å². The molecule has 0 amide bonds. The van der Waals surface area contributed by atoms with Gasteiger partial charge in [-0.2, -0.15) is 0 Å². The molecule has 2 rings (SSSR count). The molecule has 134 valence electrons. The van der Waals surface area contributed by atoms with Crippen molar-refractivity contribution in [2.45, 2.75) is 12.5 Å². The van der Waals surface area contributed by atoms with E-state index in [-0.39, 0.29) is 24.0 Å². The number of nitrogens with zero attached hydrogens (tertiary/aromatic N) is 2. The predicted octanol–water partition coefficient (Wildman–Crippen LogP) is 2.25. The van der Waals surface area contributed by atoms with E-state index in [2.05, 4.69) is 27.1 Å². The summed E-state index contributed by atoms with van der Waals surface area (Å²) in [6.07, 6.45) is 2.87. The second-order valence-electron chi connectivity index (χ2n) is 5.39. The Morgan fingerprint density at radius 2 is 2.00 bits per heavy atom. The van der Waals surface area contributed by atoms with Gasteiger partial charge in [-0.1, -0.05) is 6.08 Å². The summed E-state index contributed by atoms with van der Waals surface area (Å²) in [6, 6.07) is 6.31. The topological polar surface area (TPSA) is 58.1 Å². The number of guanidine groups is 1. The molecule has 0 aromatic heterocycles. The normalized spacial score (nSPS) is 17.0. The second-order valence-corrected chi connectivity index (χ2v) is 5.39. The highest BCUT2D eigenvalue weighted by Gasteiger charge is 2.24. The Balaban J connectivity index is 0.00000288. The highest BCUT2D eigenvalue weighted by atomic mass is 127. The maximum atomic E-state index is 5.35. The van der Waals surface area contributed by atoms with Crippen LogP contribution in [0.4, 0.5) is 5.69 Å². The lowest BCUT2D eigenvalue weighted by atomic mass is 10.2. The number of benzene rings is 1. The molecule has 1 unspecified atom stereocenters. The van der Waals surface area contributed by atoms with Crippen molar-refractivity contribution in [1.29, 1.82) is 0 Å². The molecule has 0 spiro atoms. The summed E-state index contributed by atoms with van der Waals surface area (Å²) < 4.78 is 10.7. The quantitative estimate of drug-likeness (QED) is 0.304. The summed E-state index contributed by atoms with van der Waals surface area (Å²) in [5.41, 5.74) is 1.11. The molecule has 7 heteroatoms. The molecular formula is C17H27IN4O2. The lowest BCUT2D eigenvalue weighted by molar-refractivity contribution is 0.394. The van der Waals surface area contributed by atoms with Crippen LogP contribution in [0, 0.1) is 0 Å². The first-order valence-electron chi connectivity index (χ1n) is 7.76. The number of methoxy groups -OCH3 is 2. The fraction of sp³-hybridized carbons (Fsp3) is 0.471. The van der Waals surface area contributed by atoms with Crippen molar-refractivity contribution < 1.29 is 9.47 Å². The van der Waals surface area contributed by atoms with Crippen molar-refractivity contribution in [2.75, 3.05) is 45.8 Å². The van der Waals surface area contributed by atoms with Crippen LogP contribution in [0.1, 0.15) is 6.42 Å². The van der Waals surface area contributed by atoms with E-state index in [9.17, 15) is 0 Å². The number of nitrogens with one attached hydrogen (secondary N) is 2. The molecule has 24 heavy (non-hydrogen) atoms. The van der Waals surface area contributed by atoms with Crippen molar-refractivity contribution >= 4 is 35.6 Å². The number of rotatable bonds is 6. The lowest BCUT2D eigenvalue weighted by Gasteiger charge is -2.21. The molecule has 0 bridgehead atoms. The van der Waals surface area contributed by atoms with Crippen molar-refractivity contribution in [3.05, 3.63) is 30.9 Å². The number of halogens is 1. The van der Waals surface area contributed by atoms with Crippen LogP contribution in [-0.2, 0) is 0 Å². The minimum absolute atomic E-state index is 0. The Morgan fingerprint density at radius 3 is 2.54 bits per heavy atom. The first-order chi connectivity index (χ1) is 11.2. The zero-order chi connectivity index (χ0) is 16.7. The zero-order valence-electron chi connectivity index (χ0n) is 14.5. The maximum absolute atomic E-state index is 5.35. The molecule has 0 radical (unpaired) electrons. The molecule has 0 aliphatic carbocycles. The van der Waals surface area contributed by atoms with Crippen LogP contribution in [0.25, 0.3) is 0 Å². The Hall–Kier alpha value is -1.64. The van der Waals surface area contributed by atoms with E-state index in [1.807, 2.05) is 24.3 Å². The van der Waals surface area contributed by atoms with Gasteiger partial charge in [0, 0.05) is 56.6 Å². The highest BCUT2D eigenvalue weighted by Crippen LogP contribution is 2.30. The third-order valence-corrected chi connectivity index (χ3v) is 3.87. The van der Waals surface area contributed by atoms with Gasteiger partial charge in [0.1, 0.15) is 11.5 Å². The molecule has 1 aliphatic rings. The third-order valence-electron chi connectivity index (χ3n) is 3.87. The number of hydrogen-bond acceptors (Lipinski definition) is 4. The maximum Gasteiger partial charge on any atom is 0.191 e. The molecule has 1 atom stereocenters. The van der Waals surface area contributed by atoms with E-state index in [0.717, 1.165) is 42.7 Å². The molecule has 1 aromatic carbocycles. The van der Waals surface area contributed by atoms with E-state index in [4.69, 9.17) is 9.47 Å². The number of aliphatic imine (C=N–C) groups is 1.